The van der Waals surface area contributed by atoms with Gasteiger partial charge in [-0.3, -0.25) is 0 Å². The van der Waals surface area contributed by atoms with Crippen LogP contribution in [0.1, 0.15) is 5.56 Å². The van der Waals surface area contributed by atoms with Gasteiger partial charge >= 0.3 is 0 Å². The standard InChI is InChI=1S/C11H6ClNS/c12-10-4-3-8(6-9(10)7-13)11-2-1-5-14-11/h1-6H. The second kappa shape index (κ2) is 3.83. The summed E-state index contributed by atoms with van der Waals surface area (Å²) in [6.45, 7) is 0. The molecule has 0 N–H and O–H groups in total. The van der Waals surface area contributed by atoms with Gasteiger partial charge in [0.05, 0.1) is 10.6 Å². The normalized spacial score (nSPS) is 9.71. The van der Waals surface area contributed by atoms with Crippen LogP contribution in [0, 0.1) is 11.3 Å². The van der Waals surface area contributed by atoms with Crippen molar-refractivity contribution in [1.29, 1.82) is 5.26 Å². The Bertz CT molecular complexity index is 482. The lowest BCUT2D eigenvalue weighted by atomic mass is 10.1. The summed E-state index contributed by atoms with van der Waals surface area (Å²) in [4.78, 5) is 1.15. The van der Waals surface area contributed by atoms with E-state index in [2.05, 4.69) is 6.07 Å². The quantitative estimate of drug-likeness (QED) is 0.713. The molecule has 0 radical (unpaired) electrons. The van der Waals surface area contributed by atoms with Crippen LogP contribution in [0.2, 0.25) is 5.02 Å². The van der Waals surface area contributed by atoms with Crippen molar-refractivity contribution in [3.05, 3.63) is 46.3 Å². The molecule has 0 bridgehead atoms. The molecule has 1 aromatic carbocycles. The summed E-state index contributed by atoms with van der Waals surface area (Å²) in [5.41, 5.74) is 1.57. The van der Waals surface area contributed by atoms with Crippen LogP contribution in [0.25, 0.3) is 10.4 Å². The molecule has 1 nitrogen and oxygen atoms in total. The zero-order chi connectivity index (χ0) is 9.97. The lowest BCUT2D eigenvalue weighted by Gasteiger charge is -1.99. The molecule has 0 aliphatic rings. The van der Waals surface area contributed by atoms with Gasteiger partial charge in [-0.1, -0.05) is 23.7 Å². The summed E-state index contributed by atoms with van der Waals surface area (Å²) in [5, 5.41) is 11.3. The molecule has 68 valence electrons. The Morgan fingerprint density at radius 1 is 1.29 bits per heavy atom. The van der Waals surface area contributed by atoms with Crippen LogP contribution in [0.15, 0.2) is 35.7 Å². The van der Waals surface area contributed by atoms with Crippen molar-refractivity contribution in [3.63, 3.8) is 0 Å². The van der Waals surface area contributed by atoms with Crippen molar-refractivity contribution in [2.75, 3.05) is 0 Å². The molecule has 0 aliphatic heterocycles. The van der Waals surface area contributed by atoms with E-state index in [1.54, 1.807) is 17.4 Å². The van der Waals surface area contributed by atoms with Crippen molar-refractivity contribution >= 4 is 22.9 Å². The number of rotatable bonds is 1. The average molecular weight is 220 g/mol. The fraction of sp³-hybridized carbons (Fsp3) is 0. The maximum absolute atomic E-state index is 8.81. The second-order valence-corrected chi connectivity index (χ2v) is 4.14. The molecular formula is C11H6ClNS. The molecule has 0 unspecified atom stereocenters. The molecule has 3 heteroatoms. The Labute approximate surface area is 91.2 Å². The number of hydrogen-bond acceptors (Lipinski definition) is 2. The summed E-state index contributed by atoms with van der Waals surface area (Å²) < 4.78 is 0. The fourth-order valence-corrected chi connectivity index (χ4v) is 2.09. The van der Waals surface area contributed by atoms with Gasteiger partial charge in [-0.2, -0.15) is 5.26 Å². The first-order chi connectivity index (χ1) is 6.81. The number of hydrogen-bond donors (Lipinski definition) is 0. The van der Waals surface area contributed by atoms with Gasteiger partial charge in [0, 0.05) is 4.88 Å². The van der Waals surface area contributed by atoms with Crippen LogP contribution < -0.4 is 0 Å². The fourth-order valence-electron chi connectivity index (χ4n) is 1.21. The van der Waals surface area contributed by atoms with Crippen molar-refractivity contribution in [2.24, 2.45) is 0 Å². The number of halogens is 1. The van der Waals surface area contributed by atoms with Crippen LogP contribution >= 0.6 is 22.9 Å². The average Bonchev–Trinajstić information content (AvgIpc) is 2.71. The Kier molecular flexibility index (Phi) is 2.53. The van der Waals surface area contributed by atoms with Crippen LogP contribution in [-0.4, -0.2) is 0 Å². The van der Waals surface area contributed by atoms with Gasteiger partial charge in [-0.25, -0.2) is 0 Å². The molecule has 1 heterocycles. The Balaban J connectivity index is 2.53. The first kappa shape index (κ1) is 9.26. The number of thiophene rings is 1. The minimum absolute atomic E-state index is 0.507. The van der Waals surface area contributed by atoms with E-state index in [1.807, 2.05) is 29.6 Å². The molecule has 0 fully saturated rings. The Morgan fingerprint density at radius 3 is 2.79 bits per heavy atom. The topological polar surface area (TPSA) is 23.8 Å². The van der Waals surface area contributed by atoms with E-state index in [0.29, 0.717) is 10.6 Å². The van der Waals surface area contributed by atoms with E-state index >= 15 is 0 Å². The van der Waals surface area contributed by atoms with E-state index in [9.17, 15) is 0 Å². The molecule has 0 atom stereocenters. The molecule has 2 rings (SSSR count). The van der Waals surface area contributed by atoms with Crippen molar-refractivity contribution < 1.29 is 0 Å². The minimum Gasteiger partial charge on any atom is -0.192 e. The predicted molar refractivity (Wildman–Crippen MR) is 59.5 cm³/mol. The third kappa shape index (κ3) is 1.65. The first-order valence-corrected chi connectivity index (χ1v) is 5.30. The third-order valence-electron chi connectivity index (χ3n) is 1.89. The lowest BCUT2D eigenvalue weighted by molar-refractivity contribution is 1.49. The summed E-state index contributed by atoms with van der Waals surface area (Å²) in [7, 11) is 0. The Morgan fingerprint density at radius 2 is 2.14 bits per heavy atom. The van der Waals surface area contributed by atoms with Gasteiger partial charge in [0.25, 0.3) is 0 Å². The highest BCUT2D eigenvalue weighted by molar-refractivity contribution is 7.13. The van der Waals surface area contributed by atoms with Gasteiger partial charge in [0.1, 0.15) is 6.07 Å². The Hall–Kier alpha value is -1.30. The van der Waals surface area contributed by atoms with Crippen LogP contribution in [0.3, 0.4) is 0 Å². The van der Waals surface area contributed by atoms with E-state index in [0.717, 1.165) is 10.4 Å². The van der Waals surface area contributed by atoms with E-state index < -0.39 is 0 Å². The molecule has 0 amide bonds. The molecule has 2 aromatic rings. The zero-order valence-electron chi connectivity index (χ0n) is 7.20. The minimum atomic E-state index is 0.507. The SMILES string of the molecule is N#Cc1cc(-c2cccs2)ccc1Cl. The van der Waals surface area contributed by atoms with Gasteiger partial charge in [0.15, 0.2) is 0 Å². The summed E-state index contributed by atoms with van der Waals surface area (Å²) in [6, 6.07) is 11.6. The van der Waals surface area contributed by atoms with Crippen molar-refractivity contribution in [1.82, 2.24) is 0 Å². The molecule has 0 saturated heterocycles. The van der Waals surface area contributed by atoms with Gasteiger partial charge in [-0.05, 0) is 29.1 Å². The highest BCUT2D eigenvalue weighted by atomic mass is 35.5. The predicted octanol–water partition coefficient (Wildman–Crippen LogP) is 3.94. The number of benzene rings is 1. The molecular weight excluding hydrogens is 214 g/mol. The second-order valence-electron chi connectivity index (χ2n) is 2.78. The molecule has 0 saturated carbocycles. The maximum atomic E-state index is 8.81. The number of nitrogens with zero attached hydrogens (tertiary/aromatic N) is 1. The van der Waals surface area contributed by atoms with Crippen molar-refractivity contribution in [3.8, 4) is 16.5 Å². The van der Waals surface area contributed by atoms with Crippen molar-refractivity contribution in [2.45, 2.75) is 0 Å². The van der Waals surface area contributed by atoms with Crippen LogP contribution in [0.5, 0.6) is 0 Å². The van der Waals surface area contributed by atoms with Gasteiger partial charge in [-0.15, -0.1) is 11.3 Å². The monoisotopic (exact) mass is 219 g/mol. The van der Waals surface area contributed by atoms with Gasteiger partial charge < -0.3 is 0 Å². The highest BCUT2D eigenvalue weighted by Gasteiger charge is 2.03. The van der Waals surface area contributed by atoms with E-state index in [-0.39, 0.29) is 0 Å². The molecule has 0 spiro atoms. The zero-order valence-corrected chi connectivity index (χ0v) is 8.77. The third-order valence-corrected chi connectivity index (χ3v) is 3.14. The molecule has 14 heavy (non-hydrogen) atoms. The lowest BCUT2D eigenvalue weighted by Crippen LogP contribution is -1.78. The maximum Gasteiger partial charge on any atom is 0.101 e. The summed E-state index contributed by atoms with van der Waals surface area (Å²) >= 11 is 7.49. The summed E-state index contributed by atoms with van der Waals surface area (Å²) in [5.74, 6) is 0. The van der Waals surface area contributed by atoms with E-state index in [1.165, 1.54) is 0 Å². The first-order valence-electron chi connectivity index (χ1n) is 4.05. The highest BCUT2D eigenvalue weighted by Crippen LogP contribution is 2.27. The van der Waals surface area contributed by atoms with Crippen LogP contribution in [0.4, 0.5) is 0 Å². The van der Waals surface area contributed by atoms with E-state index in [4.69, 9.17) is 16.9 Å². The van der Waals surface area contributed by atoms with Crippen LogP contribution in [-0.2, 0) is 0 Å². The smallest absolute Gasteiger partial charge is 0.101 e. The molecule has 0 aliphatic carbocycles. The summed E-state index contributed by atoms with van der Waals surface area (Å²) in [6.07, 6.45) is 0. The number of nitriles is 1. The largest absolute Gasteiger partial charge is 0.192 e. The molecule has 1 aromatic heterocycles. The van der Waals surface area contributed by atoms with Gasteiger partial charge in [0.2, 0.25) is 0 Å².